The lowest BCUT2D eigenvalue weighted by molar-refractivity contribution is -0.121. The van der Waals surface area contributed by atoms with E-state index in [1.807, 2.05) is 38.2 Å². The first-order chi connectivity index (χ1) is 10.6. The van der Waals surface area contributed by atoms with Crippen LogP contribution in [0.15, 0.2) is 24.3 Å². The number of rotatable bonds is 7. The average Bonchev–Trinajstić information content (AvgIpc) is 2.96. The maximum atomic E-state index is 12.1. The number of aromatic amines is 1. The van der Waals surface area contributed by atoms with Crippen LogP contribution >= 0.6 is 0 Å². The molecule has 7 nitrogen and oxygen atoms in total. The molecule has 22 heavy (non-hydrogen) atoms. The Morgan fingerprint density at radius 3 is 2.82 bits per heavy atom. The third-order valence-corrected chi connectivity index (χ3v) is 3.42. The fraction of sp³-hybridized carbons (Fsp3) is 0.400. The van der Waals surface area contributed by atoms with Crippen LogP contribution in [0.25, 0.3) is 10.9 Å². The summed E-state index contributed by atoms with van der Waals surface area (Å²) < 4.78 is 0. The minimum absolute atomic E-state index is 0.0886. The minimum atomic E-state index is -0.283. The molecule has 2 aromatic rings. The molecule has 0 bridgehead atoms. The van der Waals surface area contributed by atoms with E-state index in [4.69, 9.17) is 0 Å². The quantitative estimate of drug-likeness (QED) is 0.595. The molecule has 1 atom stereocenters. The summed E-state index contributed by atoms with van der Waals surface area (Å²) in [7, 11) is 1.84. The predicted molar refractivity (Wildman–Crippen MR) is 84.6 cm³/mol. The van der Waals surface area contributed by atoms with Crippen molar-refractivity contribution in [1.29, 1.82) is 0 Å². The molecule has 118 valence electrons. The number of aromatic nitrogens is 2. The van der Waals surface area contributed by atoms with Crippen molar-refractivity contribution in [3.8, 4) is 0 Å². The molecular weight excluding hydrogens is 282 g/mol. The van der Waals surface area contributed by atoms with Crippen LogP contribution < -0.4 is 16.0 Å². The highest BCUT2D eigenvalue weighted by Crippen LogP contribution is 2.14. The highest BCUT2D eigenvalue weighted by Gasteiger charge is 2.13. The Morgan fingerprint density at radius 1 is 1.27 bits per heavy atom. The van der Waals surface area contributed by atoms with Gasteiger partial charge in [0.25, 0.3) is 5.91 Å². The van der Waals surface area contributed by atoms with E-state index in [0.717, 1.165) is 10.9 Å². The van der Waals surface area contributed by atoms with Crippen molar-refractivity contribution in [3.05, 3.63) is 30.0 Å². The second-order valence-electron chi connectivity index (χ2n) is 5.12. The number of hydrogen-bond acceptors (Lipinski definition) is 4. The minimum Gasteiger partial charge on any atom is -0.354 e. The van der Waals surface area contributed by atoms with E-state index >= 15 is 0 Å². The van der Waals surface area contributed by atoms with E-state index in [1.165, 1.54) is 0 Å². The number of carbonyl (C=O) groups is 2. The van der Waals surface area contributed by atoms with Gasteiger partial charge in [-0.3, -0.25) is 14.7 Å². The van der Waals surface area contributed by atoms with Gasteiger partial charge in [-0.05, 0) is 20.0 Å². The second kappa shape index (κ2) is 7.56. The van der Waals surface area contributed by atoms with Gasteiger partial charge in [-0.1, -0.05) is 18.2 Å². The molecule has 4 N–H and O–H groups in total. The molecule has 0 aliphatic rings. The Balaban J connectivity index is 1.80. The van der Waals surface area contributed by atoms with Gasteiger partial charge in [0.2, 0.25) is 5.91 Å². The SMILES string of the molecule is CNC(C)CNC(=O)CCNC(=O)c1n[nH]c2ccccc12. The van der Waals surface area contributed by atoms with Crippen LogP contribution in [-0.2, 0) is 4.79 Å². The van der Waals surface area contributed by atoms with E-state index in [0.29, 0.717) is 12.2 Å². The smallest absolute Gasteiger partial charge is 0.272 e. The fourth-order valence-corrected chi connectivity index (χ4v) is 1.97. The Bertz CT molecular complexity index is 652. The van der Waals surface area contributed by atoms with Crippen LogP contribution in [0.1, 0.15) is 23.8 Å². The topological polar surface area (TPSA) is 98.9 Å². The molecule has 2 rings (SSSR count). The third kappa shape index (κ3) is 4.05. The average molecular weight is 303 g/mol. The van der Waals surface area contributed by atoms with Crippen LogP contribution in [0, 0.1) is 0 Å². The summed E-state index contributed by atoms with van der Waals surface area (Å²) in [6.45, 7) is 2.82. The van der Waals surface area contributed by atoms with Gasteiger partial charge in [0.15, 0.2) is 5.69 Å². The monoisotopic (exact) mass is 303 g/mol. The van der Waals surface area contributed by atoms with E-state index in [9.17, 15) is 9.59 Å². The second-order valence-corrected chi connectivity index (χ2v) is 5.12. The first-order valence-electron chi connectivity index (χ1n) is 7.27. The number of carbonyl (C=O) groups excluding carboxylic acids is 2. The molecule has 0 saturated carbocycles. The van der Waals surface area contributed by atoms with Crippen molar-refractivity contribution in [3.63, 3.8) is 0 Å². The molecule has 0 aliphatic heterocycles. The summed E-state index contributed by atoms with van der Waals surface area (Å²) in [5, 5.41) is 16.1. The van der Waals surface area contributed by atoms with E-state index in [-0.39, 0.29) is 30.8 Å². The fourth-order valence-electron chi connectivity index (χ4n) is 1.97. The number of nitrogens with zero attached hydrogens (tertiary/aromatic N) is 1. The van der Waals surface area contributed by atoms with E-state index in [1.54, 1.807) is 0 Å². The third-order valence-electron chi connectivity index (χ3n) is 3.42. The summed E-state index contributed by atoms with van der Waals surface area (Å²) in [6, 6.07) is 7.63. The lowest BCUT2D eigenvalue weighted by Gasteiger charge is -2.11. The zero-order valence-corrected chi connectivity index (χ0v) is 12.8. The van der Waals surface area contributed by atoms with Crippen LogP contribution in [0.2, 0.25) is 0 Å². The Morgan fingerprint density at radius 2 is 2.05 bits per heavy atom. The summed E-state index contributed by atoms with van der Waals surface area (Å²) in [4.78, 5) is 23.7. The largest absolute Gasteiger partial charge is 0.354 e. The lowest BCUT2D eigenvalue weighted by atomic mass is 10.2. The van der Waals surface area contributed by atoms with Crippen molar-refractivity contribution >= 4 is 22.7 Å². The highest BCUT2D eigenvalue weighted by atomic mass is 16.2. The van der Waals surface area contributed by atoms with Gasteiger partial charge < -0.3 is 16.0 Å². The zero-order chi connectivity index (χ0) is 15.9. The van der Waals surface area contributed by atoms with Crippen LogP contribution in [-0.4, -0.2) is 48.2 Å². The van der Waals surface area contributed by atoms with Gasteiger partial charge in [0.1, 0.15) is 0 Å². The molecule has 1 aromatic heterocycles. The van der Waals surface area contributed by atoms with E-state index < -0.39 is 0 Å². The number of hydrogen-bond donors (Lipinski definition) is 4. The van der Waals surface area contributed by atoms with Crippen LogP contribution in [0.5, 0.6) is 0 Å². The number of H-pyrrole nitrogens is 1. The predicted octanol–water partition coefficient (Wildman–Crippen LogP) is 0.407. The number of amides is 2. The van der Waals surface area contributed by atoms with Gasteiger partial charge in [-0.15, -0.1) is 0 Å². The maximum absolute atomic E-state index is 12.1. The summed E-state index contributed by atoms with van der Waals surface area (Å²) in [5.41, 5.74) is 1.16. The van der Waals surface area contributed by atoms with Gasteiger partial charge in [-0.2, -0.15) is 5.10 Å². The lowest BCUT2D eigenvalue weighted by Crippen LogP contribution is -2.38. The maximum Gasteiger partial charge on any atom is 0.272 e. The van der Waals surface area contributed by atoms with Gasteiger partial charge in [-0.25, -0.2) is 0 Å². The molecule has 0 saturated heterocycles. The molecule has 2 amide bonds. The highest BCUT2D eigenvalue weighted by molar-refractivity contribution is 6.04. The first kappa shape index (κ1) is 16.0. The molecule has 0 aliphatic carbocycles. The van der Waals surface area contributed by atoms with Crippen LogP contribution in [0.4, 0.5) is 0 Å². The number of nitrogens with one attached hydrogen (secondary N) is 4. The van der Waals surface area contributed by atoms with Crippen molar-refractivity contribution < 1.29 is 9.59 Å². The van der Waals surface area contributed by atoms with Gasteiger partial charge >= 0.3 is 0 Å². The molecule has 1 unspecified atom stereocenters. The molecule has 1 heterocycles. The Labute approximate surface area is 128 Å². The molecule has 1 aromatic carbocycles. The molecule has 7 heteroatoms. The number of benzene rings is 1. The standard InChI is InChI=1S/C15H21N5O2/c1-10(16-2)9-18-13(21)7-8-17-15(22)14-11-5-3-4-6-12(11)19-20-14/h3-6,10,16H,7-9H2,1-2H3,(H,17,22)(H,18,21)(H,19,20). The Hall–Kier alpha value is -2.41. The number of para-hydroxylation sites is 1. The van der Waals surface area contributed by atoms with Crippen LogP contribution in [0.3, 0.4) is 0 Å². The normalized spacial score (nSPS) is 12.1. The zero-order valence-electron chi connectivity index (χ0n) is 12.8. The van der Waals surface area contributed by atoms with Gasteiger partial charge in [0, 0.05) is 30.9 Å². The van der Waals surface area contributed by atoms with Crippen molar-refractivity contribution in [2.24, 2.45) is 0 Å². The molecule has 0 fully saturated rings. The molecule has 0 radical (unpaired) electrons. The summed E-state index contributed by atoms with van der Waals surface area (Å²) >= 11 is 0. The number of likely N-dealkylation sites (N-methyl/N-ethyl adjacent to an activating group) is 1. The number of fused-ring (bicyclic) bond motifs is 1. The molecular formula is C15H21N5O2. The van der Waals surface area contributed by atoms with E-state index in [2.05, 4.69) is 26.1 Å². The first-order valence-corrected chi connectivity index (χ1v) is 7.27. The summed E-state index contributed by atoms with van der Waals surface area (Å²) in [6.07, 6.45) is 0.241. The van der Waals surface area contributed by atoms with Crippen molar-refractivity contribution in [1.82, 2.24) is 26.1 Å². The Kier molecular flexibility index (Phi) is 5.48. The molecule has 0 spiro atoms. The van der Waals surface area contributed by atoms with Crippen molar-refractivity contribution in [2.75, 3.05) is 20.1 Å². The van der Waals surface area contributed by atoms with Gasteiger partial charge in [0.05, 0.1) is 5.52 Å². The van der Waals surface area contributed by atoms with Crippen molar-refractivity contribution in [2.45, 2.75) is 19.4 Å². The summed E-state index contributed by atoms with van der Waals surface area (Å²) in [5.74, 6) is -0.372.